The van der Waals surface area contributed by atoms with Gasteiger partial charge in [0, 0.05) is 24.3 Å². The van der Waals surface area contributed by atoms with Gasteiger partial charge < -0.3 is 10.2 Å². The van der Waals surface area contributed by atoms with Crippen molar-refractivity contribution in [1.29, 1.82) is 0 Å². The van der Waals surface area contributed by atoms with Crippen molar-refractivity contribution in [1.82, 2.24) is 4.90 Å². The number of likely N-dealkylation sites (tertiary alicyclic amines) is 1. The van der Waals surface area contributed by atoms with Crippen LogP contribution in [0.4, 0.5) is 5.69 Å². The van der Waals surface area contributed by atoms with Crippen LogP contribution in [0.5, 0.6) is 0 Å². The van der Waals surface area contributed by atoms with Gasteiger partial charge in [0.2, 0.25) is 5.91 Å². The van der Waals surface area contributed by atoms with Crippen molar-refractivity contribution in [2.45, 2.75) is 40.5 Å². The maximum Gasteiger partial charge on any atom is 0.253 e. The van der Waals surface area contributed by atoms with Crippen LogP contribution in [0, 0.1) is 33.6 Å². The highest BCUT2D eigenvalue weighted by Gasteiger charge is 2.29. The Morgan fingerprint density at radius 1 is 0.963 bits per heavy atom. The quantitative estimate of drug-likeness (QED) is 0.877. The lowest BCUT2D eigenvalue weighted by Crippen LogP contribution is -2.43. The topological polar surface area (TPSA) is 49.4 Å². The highest BCUT2D eigenvalue weighted by Crippen LogP contribution is 2.23. The number of hydrogen-bond acceptors (Lipinski definition) is 2. The molecule has 0 radical (unpaired) electrons. The smallest absolute Gasteiger partial charge is 0.253 e. The second-order valence-corrected chi connectivity index (χ2v) is 7.77. The molecule has 1 aliphatic heterocycles. The Kier molecular flexibility index (Phi) is 5.64. The first-order valence-electron chi connectivity index (χ1n) is 9.59. The number of aryl methyl sites for hydroxylation is 4. The summed E-state index contributed by atoms with van der Waals surface area (Å²) in [7, 11) is 0. The normalized spacial score (nSPS) is 16.9. The Morgan fingerprint density at radius 3 is 2.37 bits per heavy atom. The fourth-order valence-electron chi connectivity index (χ4n) is 3.76. The lowest BCUT2D eigenvalue weighted by molar-refractivity contribution is -0.121. The molecule has 1 saturated heterocycles. The third-order valence-corrected chi connectivity index (χ3v) is 5.20. The first-order chi connectivity index (χ1) is 12.8. The van der Waals surface area contributed by atoms with E-state index in [9.17, 15) is 9.59 Å². The Morgan fingerprint density at radius 2 is 1.67 bits per heavy atom. The lowest BCUT2D eigenvalue weighted by Gasteiger charge is -2.32. The highest BCUT2D eigenvalue weighted by atomic mass is 16.2. The molecular formula is C23H28N2O2. The molecule has 0 bridgehead atoms. The maximum absolute atomic E-state index is 12.9. The highest BCUT2D eigenvalue weighted by molar-refractivity contribution is 5.96. The van der Waals surface area contributed by atoms with E-state index in [-0.39, 0.29) is 17.7 Å². The van der Waals surface area contributed by atoms with Crippen LogP contribution in [0.25, 0.3) is 0 Å². The molecule has 0 unspecified atom stereocenters. The predicted octanol–water partition coefficient (Wildman–Crippen LogP) is 4.41. The van der Waals surface area contributed by atoms with E-state index < -0.39 is 0 Å². The molecule has 3 rings (SSSR count). The molecule has 0 aromatic heterocycles. The predicted molar refractivity (Wildman–Crippen MR) is 109 cm³/mol. The molecule has 0 aliphatic carbocycles. The number of anilines is 1. The summed E-state index contributed by atoms with van der Waals surface area (Å²) < 4.78 is 0. The van der Waals surface area contributed by atoms with Gasteiger partial charge in [-0.25, -0.2) is 0 Å². The molecule has 142 valence electrons. The van der Waals surface area contributed by atoms with Crippen LogP contribution in [-0.2, 0) is 4.79 Å². The van der Waals surface area contributed by atoms with Crippen molar-refractivity contribution in [3.05, 3.63) is 64.2 Å². The molecule has 2 aromatic carbocycles. The Labute approximate surface area is 161 Å². The van der Waals surface area contributed by atoms with Gasteiger partial charge in [0.25, 0.3) is 5.91 Å². The molecule has 1 atom stereocenters. The monoisotopic (exact) mass is 364 g/mol. The number of hydrogen-bond donors (Lipinski definition) is 1. The van der Waals surface area contributed by atoms with Crippen LogP contribution in [0.3, 0.4) is 0 Å². The number of benzene rings is 2. The molecule has 27 heavy (non-hydrogen) atoms. The fraction of sp³-hybridized carbons (Fsp3) is 0.391. The SMILES string of the molecule is Cc1cc(C)cc(C(=O)N2CCC[C@H](C(=O)Nc3cc(C)ccc3C)C2)c1. The van der Waals surface area contributed by atoms with E-state index in [1.165, 1.54) is 0 Å². The van der Waals surface area contributed by atoms with Gasteiger partial charge in [-0.2, -0.15) is 0 Å². The van der Waals surface area contributed by atoms with Crippen LogP contribution in [0.15, 0.2) is 36.4 Å². The summed E-state index contributed by atoms with van der Waals surface area (Å²) in [5.74, 6) is -0.152. The van der Waals surface area contributed by atoms with Crippen LogP contribution in [0.1, 0.15) is 45.5 Å². The van der Waals surface area contributed by atoms with Gasteiger partial charge in [-0.15, -0.1) is 0 Å². The van der Waals surface area contributed by atoms with Gasteiger partial charge >= 0.3 is 0 Å². The number of carbonyl (C=O) groups is 2. The minimum absolute atomic E-state index is 0.00150. The van der Waals surface area contributed by atoms with Crippen molar-refractivity contribution in [3.8, 4) is 0 Å². The van der Waals surface area contributed by atoms with E-state index in [1.54, 1.807) is 0 Å². The molecule has 0 spiro atoms. The van der Waals surface area contributed by atoms with Gasteiger partial charge in [-0.05, 0) is 69.9 Å². The van der Waals surface area contributed by atoms with E-state index in [2.05, 4.69) is 11.4 Å². The summed E-state index contributed by atoms with van der Waals surface area (Å²) in [6.45, 7) is 9.19. The van der Waals surface area contributed by atoms with Crippen molar-refractivity contribution in [3.63, 3.8) is 0 Å². The largest absolute Gasteiger partial charge is 0.338 e. The summed E-state index contributed by atoms with van der Waals surface area (Å²) in [5.41, 5.74) is 5.90. The van der Waals surface area contributed by atoms with Crippen LogP contribution >= 0.6 is 0 Å². The Balaban J connectivity index is 1.70. The average Bonchev–Trinajstić information content (AvgIpc) is 2.63. The van der Waals surface area contributed by atoms with E-state index in [0.29, 0.717) is 18.7 Å². The zero-order valence-electron chi connectivity index (χ0n) is 16.6. The number of carbonyl (C=O) groups excluding carboxylic acids is 2. The first kappa shape index (κ1) is 19.2. The number of nitrogens with one attached hydrogen (secondary N) is 1. The van der Waals surface area contributed by atoms with Crippen molar-refractivity contribution >= 4 is 17.5 Å². The number of nitrogens with zero attached hydrogens (tertiary/aromatic N) is 1. The van der Waals surface area contributed by atoms with Crippen LogP contribution in [-0.4, -0.2) is 29.8 Å². The van der Waals surface area contributed by atoms with Crippen LogP contribution < -0.4 is 5.32 Å². The number of amides is 2. The molecule has 1 N–H and O–H groups in total. The van der Waals surface area contributed by atoms with E-state index >= 15 is 0 Å². The third-order valence-electron chi connectivity index (χ3n) is 5.20. The van der Waals surface area contributed by atoms with Crippen LogP contribution in [0.2, 0.25) is 0 Å². The molecule has 4 heteroatoms. The van der Waals surface area contributed by atoms with E-state index in [4.69, 9.17) is 0 Å². The second kappa shape index (κ2) is 7.95. The summed E-state index contributed by atoms with van der Waals surface area (Å²) in [4.78, 5) is 27.5. The zero-order chi connectivity index (χ0) is 19.6. The van der Waals surface area contributed by atoms with E-state index in [1.807, 2.05) is 62.9 Å². The molecule has 4 nitrogen and oxygen atoms in total. The zero-order valence-corrected chi connectivity index (χ0v) is 16.6. The van der Waals surface area contributed by atoms with Crippen molar-refractivity contribution in [2.24, 2.45) is 5.92 Å². The van der Waals surface area contributed by atoms with Crippen molar-refractivity contribution < 1.29 is 9.59 Å². The summed E-state index contributed by atoms with van der Waals surface area (Å²) >= 11 is 0. The maximum atomic E-state index is 12.9. The summed E-state index contributed by atoms with van der Waals surface area (Å²) in [5, 5.41) is 3.06. The van der Waals surface area contributed by atoms with Gasteiger partial charge in [-0.1, -0.05) is 29.3 Å². The van der Waals surface area contributed by atoms with Gasteiger partial charge in [0.1, 0.15) is 0 Å². The van der Waals surface area contributed by atoms with Gasteiger partial charge in [0.05, 0.1) is 5.92 Å². The molecule has 1 heterocycles. The number of rotatable bonds is 3. The minimum atomic E-state index is -0.173. The minimum Gasteiger partial charge on any atom is -0.338 e. The Bertz CT molecular complexity index is 852. The molecule has 1 aliphatic rings. The average molecular weight is 364 g/mol. The van der Waals surface area contributed by atoms with Gasteiger partial charge in [0.15, 0.2) is 0 Å². The lowest BCUT2D eigenvalue weighted by atomic mass is 9.95. The molecule has 2 amide bonds. The first-order valence-corrected chi connectivity index (χ1v) is 9.59. The standard InChI is InChI=1S/C23H28N2O2/c1-15-7-8-18(4)21(13-15)24-22(26)19-6-5-9-25(14-19)23(27)20-11-16(2)10-17(3)12-20/h7-8,10-13,19H,5-6,9,14H2,1-4H3,(H,24,26)/t19-/m0/s1. The molecule has 0 saturated carbocycles. The summed E-state index contributed by atoms with van der Waals surface area (Å²) in [6.07, 6.45) is 1.66. The molecule has 2 aromatic rings. The number of piperidine rings is 1. The van der Waals surface area contributed by atoms with Gasteiger partial charge in [-0.3, -0.25) is 9.59 Å². The Hall–Kier alpha value is -2.62. The van der Waals surface area contributed by atoms with Crippen molar-refractivity contribution in [2.75, 3.05) is 18.4 Å². The second-order valence-electron chi connectivity index (χ2n) is 7.77. The van der Waals surface area contributed by atoms with E-state index in [0.717, 1.165) is 40.8 Å². The third kappa shape index (κ3) is 4.57. The fourth-order valence-corrected chi connectivity index (χ4v) is 3.76. The summed E-state index contributed by atoms with van der Waals surface area (Å²) in [6, 6.07) is 12.0. The molecule has 1 fully saturated rings. The molecular weight excluding hydrogens is 336 g/mol.